The third-order valence-corrected chi connectivity index (χ3v) is 3.68. The van der Waals surface area contributed by atoms with Crippen LogP contribution in [-0.2, 0) is 4.79 Å². The summed E-state index contributed by atoms with van der Waals surface area (Å²) in [7, 11) is 3.56. The van der Waals surface area contributed by atoms with E-state index >= 15 is 0 Å². The maximum atomic E-state index is 11.2. The molecule has 3 N–H and O–H groups in total. The molecule has 0 spiro atoms. The second-order valence-corrected chi connectivity index (χ2v) is 4.93. The lowest BCUT2D eigenvalue weighted by Gasteiger charge is -2.20. The fourth-order valence-corrected chi connectivity index (χ4v) is 2.48. The van der Waals surface area contributed by atoms with Crippen molar-refractivity contribution in [3.05, 3.63) is 17.6 Å². The number of nitrogen functional groups attached to an aromatic ring is 1. The summed E-state index contributed by atoms with van der Waals surface area (Å²) in [4.78, 5) is 17.5. The van der Waals surface area contributed by atoms with E-state index < -0.39 is 0 Å². The summed E-state index contributed by atoms with van der Waals surface area (Å²) >= 11 is 1.57. The summed E-state index contributed by atoms with van der Waals surface area (Å²) in [5.41, 5.74) is 10.3. The molecule has 0 aliphatic rings. The van der Waals surface area contributed by atoms with E-state index in [2.05, 4.69) is 10.3 Å². The molecular formula is C12H16N4OS. The average molecular weight is 264 g/mol. The van der Waals surface area contributed by atoms with E-state index in [1.165, 1.54) is 0 Å². The van der Waals surface area contributed by atoms with E-state index in [9.17, 15) is 4.79 Å². The quantitative estimate of drug-likeness (QED) is 0.820. The minimum atomic E-state index is 0.0233. The molecule has 0 radical (unpaired) electrons. The van der Waals surface area contributed by atoms with Crippen molar-refractivity contribution in [1.29, 1.82) is 0 Å². The van der Waals surface area contributed by atoms with E-state index in [-0.39, 0.29) is 5.91 Å². The zero-order valence-corrected chi connectivity index (χ0v) is 11.3. The SMILES string of the molecule is CNC(=O)CCN(C)c1ccc2scnc2c1N. The van der Waals surface area contributed by atoms with Crippen LogP contribution in [0.15, 0.2) is 17.6 Å². The van der Waals surface area contributed by atoms with Gasteiger partial charge in [0.15, 0.2) is 0 Å². The molecule has 0 saturated heterocycles. The van der Waals surface area contributed by atoms with Crippen LogP contribution < -0.4 is 16.0 Å². The normalized spacial score (nSPS) is 10.6. The molecule has 1 amide bonds. The standard InChI is InChI=1S/C12H16N4OS/c1-14-10(17)5-6-16(2)8-3-4-9-12(11(8)13)15-7-18-9/h3-4,7H,5-6,13H2,1-2H3,(H,14,17). The second kappa shape index (κ2) is 5.22. The number of nitrogens with one attached hydrogen (secondary N) is 1. The van der Waals surface area contributed by atoms with Gasteiger partial charge in [0.2, 0.25) is 5.91 Å². The van der Waals surface area contributed by atoms with Crippen LogP contribution in [0.25, 0.3) is 10.2 Å². The Bertz CT molecular complexity index is 566. The Morgan fingerprint density at radius 2 is 2.33 bits per heavy atom. The van der Waals surface area contributed by atoms with Crippen LogP contribution in [0.1, 0.15) is 6.42 Å². The van der Waals surface area contributed by atoms with Crippen molar-refractivity contribution in [2.45, 2.75) is 6.42 Å². The molecule has 0 aliphatic carbocycles. The summed E-state index contributed by atoms with van der Waals surface area (Å²) in [5.74, 6) is 0.0233. The topological polar surface area (TPSA) is 71.2 Å². The van der Waals surface area contributed by atoms with Crippen LogP contribution in [0.5, 0.6) is 0 Å². The first-order valence-electron chi connectivity index (χ1n) is 5.67. The highest BCUT2D eigenvalue weighted by Crippen LogP contribution is 2.31. The fraction of sp³-hybridized carbons (Fsp3) is 0.333. The summed E-state index contributed by atoms with van der Waals surface area (Å²) in [5, 5.41) is 2.60. The zero-order valence-electron chi connectivity index (χ0n) is 10.4. The number of nitrogens with zero attached hydrogens (tertiary/aromatic N) is 2. The molecule has 2 aromatic rings. The minimum Gasteiger partial charge on any atom is -0.395 e. The maximum absolute atomic E-state index is 11.2. The number of carbonyl (C=O) groups excluding carboxylic acids is 1. The van der Waals surface area contributed by atoms with E-state index in [4.69, 9.17) is 5.73 Å². The average Bonchev–Trinajstić information content (AvgIpc) is 2.85. The van der Waals surface area contributed by atoms with Crippen LogP contribution in [0.4, 0.5) is 11.4 Å². The van der Waals surface area contributed by atoms with E-state index in [1.807, 2.05) is 24.1 Å². The summed E-state index contributed by atoms with van der Waals surface area (Å²) < 4.78 is 1.08. The van der Waals surface area contributed by atoms with Crippen LogP contribution in [0.2, 0.25) is 0 Å². The lowest BCUT2D eigenvalue weighted by atomic mass is 10.2. The molecule has 0 unspecified atom stereocenters. The van der Waals surface area contributed by atoms with Crippen molar-refractivity contribution in [1.82, 2.24) is 10.3 Å². The maximum Gasteiger partial charge on any atom is 0.221 e. The highest BCUT2D eigenvalue weighted by Gasteiger charge is 2.11. The van der Waals surface area contributed by atoms with Gasteiger partial charge in [-0.25, -0.2) is 4.98 Å². The molecule has 0 bridgehead atoms. The zero-order chi connectivity index (χ0) is 13.1. The Balaban J connectivity index is 2.19. The van der Waals surface area contributed by atoms with E-state index in [0.717, 1.165) is 15.9 Å². The number of nitrogens with two attached hydrogens (primary N) is 1. The Kier molecular flexibility index (Phi) is 3.66. The molecule has 0 saturated carbocycles. The van der Waals surface area contributed by atoms with E-state index in [0.29, 0.717) is 18.7 Å². The van der Waals surface area contributed by atoms with Gasteiger partial charge in [0.25, 0.3) is 0 Å². The second-order valence-electron chi connectivity index (χ2n) is 4.04. The highest BCUT2D eigenvalue weighted by molar-refractivity contribution is 7.16. The number of carbonyl (C=O) groups is 1. The van der Waals surface area contributed by atoms with Gasteiger partial charge in [-0.05, 0) is 12.1 Å². The van der Waals surface area contributed by atoms with Crippen molar-refractivity contribution in [3.8, 4) is 0 Å². The van der Waals surface area contributed by atoms with Crippen LogP contribution in [-0.4, -0.2) is 31.5 Å². The molecule has 96 valence electrons. The molecule has 0 fully saturated rings. The fourth-order valence-electron chi connectivity index (χ4n) is 1.79. The van der Waals surface area contributed by atoms with Gasteiger partial charge in [-0.2, -0.15) is 0 Å². The van der Waals surface area contributed by atoms with E-state index in [1.54, 1.807) is 23.9 Å². The van der Waals surface area contributed by atoms with Crippen molar-refractivity contribution in [3.63, 3.8) is 0 Å². The molecule has 0 aliphatic heterocycles. The first-order valence-corrected chi connectivity index (χ1v) is 6.55. The molecule has 0 atom stereocenters. The van der Waals surface area contributed by atoms with Gasteiger partial charge in [0.05, 0.1) is 21.6 Å². The molecule has 18 heavy (non-hydrogen) atoms. The number of hydrogen-bond acceptors (Lipinski definition) is 5. The van der Waals surface area contributed by atoms with Crippen LogP contribution in [0, 0.1) is 0 Å². The van der Waals surface area contributed by atoms with Gasteiger partial charge in [0.1, 0.15) is 5.52 Å². The van der Waals surface area contributed by atoms with Crippen molar-refractivity contribution >= 4 is 38.8 Å². The number of hydrogen-bond donors (Lipinski definition) is 2. The number of rotatable bonds is 4. The number of fused-ring (bicyclic) bond motifs is 1. The lowest BCUT2D eigenvalue weighted by molar-refractivity contribution is -0.120. The largest absolute Gasteiger partial charge is 0.395 e. The Morgan fingerprint density at radius 3 is 3.06 bits per heavy atom. The predicted molar refractivity (Wildman–Crippen MR) is 76.0 cm³/mol. The molecule has 1 aromatic carbocycles. The van der Waals surface area contributed by atoms with Gasteiger partial charge in [-0.15, -0.1) is 11.3 Å². The minimum absolute atomic E-state index is 0.0233. The molecule has 2 rings (SSSR count). The number of thiazole rings is 1. The summed E-state index contributed by atoms with van der Waals surface area (Å²) in [6.07, 6.45) is 0.446. The Hall–Kier alpha value is -1.82. The summed E-state index contributed by atoms with van der Waals surface area (Å²) in [6.45, 7) is 0.625. The highest BCUT2D eigenvalue weighted by atomic mass is 32.1. The van der Waals surface area contributed by atoms with Gasteiger partial charge in [-0.1, -0.05) is 0 Å². The Morgan fingerprint density at radius 1 is 1.56 bits per heavy atom. The van der Waals surface area contributed by atoms with Crippen molar-refractivity contribution in [2.24, 2.45) is 0 Å². The molecule has 5 nitrogen and oxygen atoms in total. The third-order valence-electron chi connectivity index (χ3n) is 2.88. The molecular weight excluding hydrogens is 248 g/mol. The third kappa shape index (κ3) is 2.38. The first kappa shape index (κ1) is 12.6. The lowest BCUT2D eigenvalue weighted by Crippen LogP contribution is -2.26. The smallest absolute Gasteiger partial charge is 0.221 e. The molecule has 1 heterocycles. The van der Waals surface area contributed by atoms with Gasteiger partial charge >= 0.3 is 0 Å². The Labute approximate surface area is 110 Å². The monoisotopic (exact) mass is 264 g/mol. The van der Waals surface area contributed by atoms with Crippen molar-refractivity contribution < 1.29 is 4.79 Å². The van der Waals surface area contributed by atoms with Gasteiger partial charge < -0.3 is 16.0 Å². The molecule has 6 heteroatoms. The number of anilines is 2. The first-order chi connectivity index (χ1) is 8.63. The molecule has 1 aromatic heterocycles. The predicted octanol–water partition coefficient (Wildman–Crippen LogP) is 1.45. The van der Waals surface area contributed by atoms with Crippen molar-refractivity contribution in [2.75, 3.05) is 31.3 Å². The summed E-state index contributed by atoms with van der Waals surface area (Å²) in [6, 6.07) is 3.98. The van der Waals surface area contributed by atoms with Crippen LogP contribution >= 0.6 is 11.3 Å². The number of aromatic nitrogens is 1. The number of amides is 1. The van der Waals surface area contributed by atoms with Crippen LogP contribution in [0.3, 0.4) is 0 Å². The van der Waals surface area contributed by atoms with Gasteiger partial charge in [-0.3, -0.25) is 4.79 Å². The van der Waals surface area contributed by atoms with Gasteiger partial charge in [0, 0.05) is 27.1 Å². The number of benzene rings is 1.